The molecule has 1 nitrogen and oxygen atoms in total. The number of allylic oxidation sites excluding steroid dienone is 1. The van der Waals surface area contributed by atoms with Crippen LogP contribution in [0.5, 0.6) is 5.75 Å². The van der Waals surface area contributed by atoms with Gasteiger partial charge in [0, 0.05) is 5.03 Å². The predicted molar refractivity (Wildman–Crippen MR) is 71.4 cm³/mol. The first-order valence-corrected chi connectivity index (χ1v) is 6.49. The standard InChI is InChI=1S/C12H12ClIO/c13-9-4-3-5-10(8-9)15-12-7-2-1-6-11(12)14/h1-2,6-8,10H,3-5H2. The summed E-state index contributed by atoms with van der Waals surface area (Å²) in [6.07, 6.45) is 5.33. The molecule has 0 fully saturated rings. The van der Waals surface area contributed by atoms with E-state index in [2.05, 4.69) is 22.6 Å². The molecule has 0 saturated heterocycles. The fourth-order valence-corrected chi connectivity index (χ4v) is 2.43. The van der Waals surface area contributed by atoms with Crippen LogP contribution in [0.25, 0.3) is 0 Å². The molecule has 1 atom stereocenters. The average Bonchev–Trinajstić information content (AvgIpc) is 2.22. The molecule has 80 valence electrons. The third kappa shape index (κ3) is 3.11. The Balaban J connectivity index is 2.09. The first kappa shape index (κ1) is 11.3. The smallest absolute Gasteiger partial charge is 0.133 e. The van der Waals surface area contributed by atoms with Gasteiger partial charge in [-0.05, 0) is 60.1 Å². The highest BCUT2D eigenvalue weighted by Gasteiger charge is 2.14. The minimum atomic E-state index is 0.141. The fraction of sp³-hybridized carbons (Fsp3) is 0.333. The number of benzene rings is 1. The summed E-state index contributed by atoms with van der Waals surface area (Å²) in [6, 6.07) is 8.05. The van der Waals surface area contributed by atoms with Crippen LogP contribution in [0.2, 0.25) is 0 Å². The second kappa shape index (κ2) is 5.21. The van der Waals surface area contributed by atoms with E-state index in [0.717, 1.165) is 33.6 Å². The lowest BCUT2D eigenvalue weighted by atomic mass is 10.1. The number of ether oxygens (including phenoxy) is 1. The van der Waals surface area contributed by atoms with Crippen molar-refractivity contribution in [1.82, 2.24) is 0 Å². The summed E-state index contributed by atoms with van der Waals surface area (Å²) in [5, 5.41) is 0.928. The molecule has 1 aliphatic rings. The van der Waals surface area contributed by atoms with Gasteiger partial charge in [-0.2, -0.15) is 0 Å². The molecule has 0 aromatic heterocycles. The van der Waals surface area contributed by atoms with Gasteiger partial charge in [-0.3, -0.25) is 0 Å². The largest absolute Gasteiger partial charge is 0.485 e. The van der Waals surface area contributed by atoms with E-state index in [9.17, 15) is 0 Å². The van der Waals surface area contributed by atoms with Crippen LogP contribution in [0.1, 0.15) is 19.3 Å². The van der Waals surface area contributed by atoms with Gasteiger partial charge in [0.2, 0.25) is 0 Å². The second-order valence-corrected chi connectivity index (χ2v) is 5.24. The van der Waals surface area contributed by atoms with Crippen LogP contribution in [0.3, 0.4) is 0 Å². The van der Waals surface area contributed by atoms with Crippen LogP contribution in [0.4, 0.5) is 0 Å². The Hall–Kier alpha value is -0.220. The highest BCUT2D eigenvalue weighted by atomic mass is 127. The van der Waals surface area contributed by atoms with Crippen molar-refractivity contribution in [2.75, 3.05) is 0 Å². The first-order chi connectivity index (χ1) is 7.25. The van der Waals surface area contributed by atoms with Crippen LogP contribution >= 0.6 is 34.2 Å². The molecular formula is C12H12ClIO. The zero-order chi connectivity index (χ0) is 10.7. The third-order valence-corrected chi connectivity index (χ3v) is 3.59. The molecule has 1 unspecified atom stereocenters. The van der Waals surface area contributed by atoms with Crippen molar-refractivity contribution in [3.63, 3.8) is 0 Å². The second-order valence-electron chi connectivity index (χ2n) is 3.59. The van der Waals surface area contributed by atoms with Crippen LogP contribution in [-0.2, 0) is 0 Å². The highest BCUT2D eigenvalue weighted by molar-refractivity contribution is 14.1. The van der Waals surface area contributed by atoms with Crippen molar-refractivity contribution in [3.05, 3.63) is 38.9 Å². The van der Waals surface area contributed by atoms with Gasteiger partial charge in [0.25, 0.3) is 0 Å². The van der Waals surface area contributed by atoms with E-state index in [1.165, 1.54) is 0 Å². The van der Waals surface area contributed by atoms with E-state index in [4.69, 9.17) is 16.3 Å². The Morgan fingerprint density at radius 1 is 1.33 bits per heavy atom. The van der Waals surface area contributed by atoms with Crippen molar-refractivity contribution in [2.45, 2.75) is 25.4 Å². The fourth-order valence-electron chi connectivity index (χ4n) is 1.64. The Morgan fingerprint density at radius 3 is 2.87 bits per heavy atom. The van der Waals surface area contributed by atoms with Crippen LogP contribution in [0.15, 0.2) is 35.4 Å². The van der Waals surface area contributed by atoms with Gasteiger partial charge in [-0.1, -0.05) is 23.7 Å². The maximum absolute atomic E-state index is 6.00. The molecular weight excluding hydrogens is 322 g/mol. The summed E-state index contributed by atoms with van der Waals surface area (Å²) in [4.78, 5) is 0. The monoisotopic (exact) mass is 334 g/mol. The molecule has 0 heterocycles. The first-order valence-electron chi connectivity index (χ1n) is 5.03. The third-order valence-electron chi connectivity index (χ3n) is 2.39. The van der Waals surface area contributed by atoms with Crippen molar-refractivity contribution in [1.29, 1.82) is 0 Å². The highest BCUT2D eigenvalue weighted by Crippen LogP contribution is 2.27. The SMILES string of the molecule is ClC1=CC(Oc2ccccc2I)CCC1. The Morgan fingerprint density at radius 2 is 2.13 bits per heavy atom. The lowest BCUT2D eigenvalue weighted by Crippen LogP contribution is -2.17. The van der Waals surface area contributed by atoms with Crippen molar-refractivity contribution >= 4 is 34.2 Å². The average molecular weight is 335 g/mol. The molecule has 0 amide bonds. The quantitative estimate of drug-likeness (QED) is 0.731. The number of halogens is 2. The minimum absolute atomic E-state index is 0.141. The summed E-state index contributed by atoms with van der Waals surface area (Å²) in [7, 11) is 0. The normalized spacial score (nSPS) is 20.9. The van der Waals surface area contributed by atoms with Gasteiger partial charge in [0.05, 0.1) is 3.57 Å². The number of para-hydroxylation sites is 1. The maximum atomic E-state index is 6.00. The summed E-state index contributed by atoms with van der Waals surface area (Å²) >= 11 is 8.28. The van der Waals surface area contributed by atoms with E-state index >= 15 is 0 Å². The molecule has 0 aliphatic heterocycles. The zero-order valence-corrected chi connectivity index (χ0v) is 11.2. The Kier molecular flexibility index (Phi) is 3.92. The summed E-state index contributed by atoms with van der Waals surface area (Å²) in [5.74, 6) is 0.950. The molecule has 0 saturated carbocycles. The number of hydrogen-bond acceptors (Lipinski definition) is 1. The molecule has 0 bridgehead atoms. The molecule has 0 N–H and O–H groups in total. The van der Waals surface area contributed by atoms with Crippen molar-refractivity contribution in [3.8, 4) is 5.75 Å². The maximum Gasteiger partial charge on any atom is 0.133 e. The predicted octanol–water partition coefficient (Wildman–Crippen LogP) is 4.35. The van der Waals surface area contributed by atoms with Gasteiger partial charge < -0.3 is 4.74 Å². The molecule has 2 rings (SSSR count). The van der Waals surface area contributed by atoms with E-state index in [-0.39, 0.29) is 6.10 Å². The van der Waals surface area contributed by atoms with Crippen LogP contribution < -0.4 is 4.74 Å². The Bertz CT molecular complexity index is 376. The summed E-state index contributed by atoms with van der Waals surface area (Å²) in [5.41, 5.74) is 0. The molecule has 1 aliphatic carbocycles. The molecule has 0 radical (unpaired) electrons. The van der Waals surface area contributed by atoms with Gasteiger partial charge >= 0.3 is 0 Å². The van der Waals surface area contributed by atoms with Gasteiger partial charge in [0.1, 0.15) is 11.9 Å². The van der Waals surface area contributed by atoms with Crippen molar-refractivity contribution in [2.24, 2.45) is 0 Å². The number of hydrogen-bond donors (Lipinski definition) is 0. The number of rotatable bonds is 2. The summed E-state index contributed by atoms with van der Waals surface area (Å²) < 4.78 is 7.03. The molecule has 15 heavy (non-hydrogen) atoms. The van der Waals surface area contributed by atoms with Crippen LogP contribution in [-0.4, -0.2) is 6.10 Å². The van der Waals surface area contributed by atoms with E-state index < -0.39 is 0 Å². The summed E-state index contributed by atoms with van der Waals surface area (Å²) in [6.45, 7) is 0. The molecule has 1 aromatic carbocycles. The van der Waals surface area contributed by atoms with Crippen molar-refractivity contribution < 1.29 is 4.74 Å². The zero-order valence-electron chi connectivity index (χ0n) is 8.25. The van der Waals surface area contributed by atoms with E-state index in [0.29, 0.717) is 0 Å². The molecule has 1 aromatic rings. The lowest BCUT2D eigenvalue weighted by molar-refractivity contribution is 0.227. The van der Waals surface area contributed by atoms with E-state index in [1.54, 1.807) is 0 Å². The van der Waals surface area contributed by atoms with Gasteiger partial charge in [0.15, 0.2) is 0 Å². The van der Waals surface area contributed by atoms with Crippen LogP contribution in [0, 0.1) is 3.57 Å². The lowest BCUT2D eigenvalue weighted by Gasteiger charge is -2.20. The molecule has 0 spiro atoms. The molecule has 3 heteroatoms. The Labute approximate surface area is 109 Å². The van der Waals surface area contributed by atoms with Gasteiger partial charge in [-0.25, -0.2) is 0 Å². The minimum Gasteiger partial charge on any atom is -0.485 e. The van der Waals surface area contributed by atoms with E-state index in [1.807, 2.05) is 30.3 Å². The topological polar surface area (TPSA) is 9.23 Å². The van der Waals surface area contributed by atoms with Gasteiger partial charge in [-0.15, -0.1) is 0 Å².